The molecule has 112 valence electrons. The molecule has 0 aromatic rings. The fourth-order valence-corrected chi connectivity index (χ4v) is 2.10. The van der Waals surface area contributed by atoms with E-state index < -0.39 is 23.2 Å². The molecule has 0 aliphatic rings. The van der Waals surface area contributed by atoms with E-state index in [0.29, 0.717) is 13.0 Å². The highest BCUT2D eigenvalue weighted by Gasteiger charge is 2.43. The summed E-state index contributed by atoms with van der Waals surface area (Å²) in [6, 6.07) is 0. The van der Waals surface area contributed by atoms with Crippen LogP contribution in [0.5, 0.6) is 0 Å². The maximum atomic E-state index is 12.2. The molecule has 0 fully saturated rings. The fraction of sp³-hybridized carbons (Fsp3) is 0.857. The highest BCUT2D eigenvalue weighted by Crippen LogP contribution is 2.26. The largest absolute Gasteiger partial charge is 0.480 e. The van der Waals surface area contributed by atoms with Crippen LogP contribution in [0.4, 0.5) is 4.79 Å². The number of carboxylic acid groups (broad SMARTS) is 1. The summed E-state index contributed by atoms with van der Waals surface area (Å²) in [5, 5.41) is 9.48. The summed E-state index contributed by atoms with van der Waals surface area (Å²) in [4.78, 5) is 25.0. The molecule has 0 saturated carbocycles. The molecule has 5 nitrogen and oxygen atoms in total. The van der Waals surface area contributed by atoms with Gasteiger partial charge in [0.15, 0.2) is 0 Å². The monoisotopic (exact) mass is 273 g/mol. The van der Waals surface area contributed by atoms with Crippen molar-refractivity contribution in [3.8, 4) is 0 Å². The van der Waals surface area contributed by atoms with Crippen LogP contribution in [0.3, 0.4) is 0 Å². The SMILES string of the molecule is CCN(C(=O)OC(C)(C)C)C(C)(CC(C)C)C(=O)O. The van der Waals surface area contributed by atoms with Gasteiger partial charge in [-0.25, -0.2) is 9.59 Å². The van der Waals surface area contributed by atoms with Crippen LogP contribution >= 0.6 is 0 Å². The molecule has 0 aliphatic heterocycles. The van der Waals surface area contributed by atoms with E-state index in [1.165, 1.54) is 4.90 Å². The van der Waals surface area contributed by atoms with Crippen molar-refractivity contribution in [3.63, 3.8) is 0 Å². The van der Waals surface area contributed by atoms with Crippen molar-refractivity contribution in [2.24, 2.45) is 5.92 Å². The van der Waals surface area contributed by atoms with E-state index in [0.717, 1.165) is 0 Å². The molecule has 0 spiro atoms. The van der Waals surface area contributed by atoms with Crippen LogP contribution in [0, 0.1) is 5.92 Å². The number of carbonyl (C=O) groups excluding carboxylic acids is 1. The summed E-state index contributed by atoms with van der Waals surface area (Å²) >= 11 is 0. The number of amides is 1. The minimum Gasteiger partial charge on any atom is -0.480 e. The molecule has 0 heterocycles. The first-order valence-corrected chi connectivity index (χ1v) is 6.68. The van der Waals surface area contributed by atoms with Gasteiger partial charge < -0.3 is 9.84 Å². The van der Waals surface area contributed by atoms with Crippen molar-refractivity contribution >= 4 is 12.1 Å². The number of hydrogen-bond donors (Lipinski definition) is 1. The van der Waals surface area contributed by atoms with E-state index in [1.54, 1.807) is 34.6 Å². The average Bonchev–Trinajstić information content (AvgIpc) is 2.13. The van der Waals surface area contributed by atoms with Gasteiger partial charge in [-0.3, -0.25) is 4.90 Å². The van der Waals surface area contributed by atoms with Crippen molar-refractivity contribution in [2.45, 2.75) is 66.0 Å². The van der Waals surface area contributed by atoms with Crippen LogP contribution < -0.4 is 0 Å². The van der Waals surface area contributed by atoms with Crippen LogP contribution in [0.15, 0.2) is 0 Å². The lowest BCUT2D eigenvalue weighted by Crippen LogP contribution is -2.56. The highest BCUT2D eigenvalue weighted by molar-refractivity contribution is 5.84. The number of carbonyl (C=O) groups is 2. The predicted molar refractivity (Wildman–Crippen MR) is 74.1 cm³/mol. The molecule has 1 atom stereocenters. The maximum absolute atomic E-state index is 12.2. The first-order valence-electron chi connectivity index (χ1n) is 6.68. The quantitative estimate of drug-likeness (QED) is 0.835. The van der Waals surface area contributed by atoms with Crippen molar-refractivity contribution in [3.05, 3.63) is 0 Å². The molecule has 1 amide bonds. The standard InChI is InChI=1S/C14H27NO4/c1-8-15(12(18)19-13(4,5)6)14(7,11(16)17)9-10(2)3/h10H,8-9H2,1-7H3,(H,16,17). The lowest BCUT2D eigenvalue weighted by molar-refractivity contribution is -0.151. The third kappa shape index (κ3) is 5.09. The number of ether oxygens (including phenoxy) is 1. The van der Waals surface area contributed by atoms with Gasteiger partial charge in [0, 0.05) is 6.54 Å². The average molecular weight is 273 g/mol. The van der Waals surface area contributed by atoms with E-state index in [-0.39, 0.29) is 5.92 Å². The molecular weight excluding hydrogens is 246 g/mol. The van der Waals surface area contributed by atoms with Crippen LogP contribution in [-0.4, -0.2) is 39.8 Å². The van der Waals surface area contributed by atoms with E-state index in [1.807, 2.05) is 13.8 Å². The molecule has 0 bridgehead atoms. The Morgan fingerprint density at radius 3 is 1.95 bits per heavy atom. The molecule has 0 radical (unpaired) electrons. The number of nitrogens with zero attached hydrogens (tertiary/aromatic N) is 1. The number of hydrogen-bond acceptors (Lipinski definition) is 3. The van der Waals surface area contributed by atoms with Crippen molar-refractivity contribution in [1.82, 2.24) is 4.90 Å². The molecular formula is C14H27NO4. The Kier molecular flexibility index (Phi) is 5.84. The van der Waals surface area contributed by atoms with E-state index >= 15 is 0 Å². The van der Waals surface area contributed by atoms with Gasteiger partial charge in [0.05, 0.1) is 0 Å². The molecule has 1 unspecified atom stereocenters. The zero-order chi connectivity index (χ0) is 15.4. The van der Waals surface area contributed by atoms with Crippen molar-refractivity contribution in [1.29, 1.82) is 0 Å². The summed E-state index contributed by atoms with van der Waals surface area (Å²) in [7, 11) is 0. The third-order valence-corrected chi connectivity index (χ3v) is 2.79. The summed E-state index contributed by atoms with van der Waals surface area (Å²) in [6.45, 7) is 12.8. The third-order valence-electron chi connectivity index (χ3n) is 2.79. The van der Waals surface area contributed by atoms with Gasteiger partial charge in [-0.2, -0.15) is 0 Å². The molecule has 19 heavy (non-hydrogen) atoms. The van der Waals surface area contributed by atoms with Crippen LogP contribution in [0.25, 0.3) is 0 Å². The smallest absolute Gasteiger partial charge is 0.411 e. The lowest BCUT2D eigenvalue weighted by atomic mass is 9.89. The summed E-state index contributed by atoms with van der Waals surface area (Å²) in [5.74, 6) is -0.841. The van der Waals surface area contributed by atoms with Gasteiger partial charge in [0.2, 0.25) is 0 Å². The minimum atomic E-state index is -1.24. The Bertz CT molecular complexity index is 333. The Labute approximate surface area is 115 Å². The molecule has 0 aliphatic carbocycles. The Morgan fingerprint density at radius 2 is 1.68 bits per heavy atom. The Hall–Kier alpha value is -1.26. The second kappa shape index (κ2) is 6.26. The van der Waals surface area contributed by atoms with E-state index in [2.05, 4.69) is 0 Å². The molecule has 1 N–H and O–H groups in total. The second-order valence-electron chi connectivity index (χ2n) is 6.40. The minimum absolute atomic E-state index is 0.164. The Balaban J connectivity index is 5.26. The molecule has 0 aromatic carbocycles. The molecule has 0 rings (SSSR count). The zero-order valence-electron chi connectivity index (χ0n) is 13.1. The number of carboxylic acids is 1. The zero-order valence-corrected chi connectivity index (χ0v) is 13.1. The molecule has 0 saturated heterocycles. The normalized spacial score (nSPS) is 14.9. The maximum Gasteiger partial charge on any atom is 0.411 e. The first-order chi connectivity index (χ1) is 8.44. The number of aliphatic carboxylic acids is 1. The van der Waals surface area contributed by atoms with Gasteiger partial charge in [0.1, 0.15) is 11.1 Å². The van der Waals surface area contributed by atoms with Gasteiger partial charge in [-0.05, 0) is 47.0 Å². The van der Waals surface area contributed by atoms with Crippen molar-refractivity contribution < 1.29 is 19.4 Å². The van der Waals surface area contributed by atoms with E-state index in [4.69, 9.17) is 4.74 Å². The highest BCUT2D eigenvalue weighted by atomic mass is 16.6. The number of rotatable bonds is 5. The van der Waals surface area contributed by atoms with Crippen LogP contribution in [-0.2, 0) is 9.53 Å². The number of likely N-dealkylation sites (N-methyl/N-ethyl adjacent to an activating group) is 1. The first kappa shape index (κ1) is 17.7. The van der Waals surface area contributed by atoms with Gasteiger partial charge in [0.25, 0.3) is 0 Å². The lowest BCUT2D eigenvalue weighted by Gasteiger charge is -2.39. The van der Waals surface area contributed by atoms with Gasteiger partial charge in [-0.1, -0.05) is 13.8 Å². The predicted octanol–water partition coefficient (Wildman–Crippen LogP) is 3.13. The summed E-state index contributed by atoms with van der Waals surface area (Å²) < 4.78 is 5.29. The van der Waals surface area contributed by atoms with Crippen molar-refractivity contribution in [2.75, 3.05) is 6.54 Å². The summed E-state index contributed by atoms with van der Waals surface area (Å²) in [6.07, 6.45) is -0.198. The van der Waals surface area contributed by atoms with Crippen LogP contribution in [0.1, 0.15) is 54.9 Å². The summed E-state index contributed by atoms with van der Waals surface area (Å²) in [5.41, 5.74) is -1.88. The topological polar surface area (TPSA) is 66.8 Å². The second-order valence-corrected chi connectivity index (χ2v) is 6.40. The van der Waals surface area contributed by atoms with E-state index in [9.17, 15) is 14.7 Å². The Morgan fingerprint density at radius 1 is 1.21 bits per heavy atom. The molecule has 0 aromatic heterocycles. The van der Waals surface area contributed by atoms with Crippen LogP contribution in [0.2, 0.25) is 0 Å². The molecule has 5 heteroatoms. The van der Waals surface area contributed by atoms with Gasteiger partial charge in [-0.15, -0.1) is 0 Å². The fourth-order valence-electron chi connectivity index (χ4n) is 2.10. The van der Waals surface area contributed by atoms with Gasteiger partial charge >= 0.3 is 12.1 Å².